The highest BCUT2D eigenvalue weighted by Crippen LogP contribution is 2.32. The molecule has 2 aromatic carbocycles. The number of halogens is 1. The average Bonchev–Trinajstić information content (AvgIpc) is 3.73. The van der Waals surface area contributed by atoms with Gasteiger partial charge in [-0.1, -0.05) is 17.7 Å². The van der Waals surface area contributed by atoms with Gasteiger partial charge in [-0.05, 0) is 25.6 Å². The van der Waals surface area contributed by atoms with Crippen LogP contribution in [0, 0.1) is 6.92 Å². The van der Waals surface area contributed by atoms with Crippen LogP contribution in [0.4, 0.5) is 23.0 Å². The van der Waals surface area contributed by atoms with Crippen molar-refractivity contribution in [3.05, 3.63) is 72.0 Å². The summed E-state index contributed by atoms with van der Waals surface area (Å²) in [6.45, 7) is 4.64. The molecule has 0 radical (unpaired) electrons. The number of fused-ring (bicyclic) bond motifs is 1. The van der Waals surface area contributed by atoms with Gasteiger partial charge in [0.2, 0.25) is 17.8 Å². The number of aromatic amines is 1. The standard InChI is InChI=1S/C35H44ClN11O9/c1-18-13-20(21(55-3)14-19(18)36)39-16-24(49)46-11-9-45(10-12-46)23(48)5-4-7-44(2)8-6-38-25-26(30(52)29(25)51)40-15-22-28(50)31(53)34(56-22)47-17-41-27-32(47)42-35(37)43-33(27)54/h4-5,13-14,17,22,28,31,34,38-40,50,53H,6-12,15-16H2,1-3H3,(H3,37,42,43,54). The first-order valence-corrected chi connectivity index (χ1v) is 18.2. The fraction of sp³-hybridized carbons (Fsp3) is 0.457. The lowest BCUT2D eigenvalue weighted by molar-refractivity contribution is -0.135. The molecule has 0 bridgehead atoms. The number of anilines is 4. The van der Waals surface area contributed by atoms with Crippen molar-refractivity contribution in [2.24, 2.45) is 0 Å². The summed E-state index contributed by atoms with van der Waals surface area (Å²) in [4.78, 5) is 78.2. The number of nitrogen functional groups attached to an aromatic ring is 1. The number of benzene rings is 1. The predicted molar refractivity (Wildman–Crippen MR) is 208 cm³/mol. The van der Waals surface area contributed by atoms with Crippen LogP contribution in [0.3, 0.4) is 0 Å². The molecule has 2 aliphatic rings. The summed E-state index contributed by atoms with van der Waals surface area (Å²) in [7, 11) is 3.37. The molecule has 4 atom stereocenters. The van der Waals surface area contributed by atoms with Gasteiger partial charge in [-0.25, -0.2) is 4.98 Å². The number of aryl methyl sites for hydroxylation is 1. The van der Waals surface area contributed by atoms with Gasteiger partial charge < -0.3 is 56.1 Å². The second kappa shape index (κ2) is 17.1. The van der Waals surface area contributed by atoms with Gasteiger partial charge >= 0.3 is 0 Å². The minimum Gasteiger partial charge on any atom is -0.495 e. The number of carbonyl (C=O) groups is 2. The Bertz CT molecular complexity index is 2240. The van der Waals surface area contributed by atoms with Crippen LogP contribution in [-0.2, 0) is 14.3 Å². The number of nitrogens with two attached hydrogens (primary N) is 1. The Balaban J connectivity index is 0.908. The Morgan fingerprint density at radius 1 is 1.09 bits per heavy atom. The Labute approximate surface area is 324 Å². The van der Waals surface area contributed by atoms with E-state index < -0.39 is 41.0 Å². The number of nitrogens with one attached hydrogen (secondary N) is 4. The molecule has 300 valence electrons. The van der Waals surface area contributed by atoms with Crippen LogP contribution in [0.5, 0.6) is 5.75 Å². The molecule has 2 amide bonds. The first kappa shape index (κ1) is 40.1. The van der Waals surface area contributed by atoms with Crippen LogP contribution in [0.2, 0.25) is 5.02 Å². The number of amides is 2. The molecule has 0 saturated carbocycles. The molecule has 4 heterocycles. The van der Waals surface area contributed by atoms with Gasteiger partial charge in [0, 0.05) is 69.5 Å². The molecule has 2 aromatic heterocycles. The van der Waals surface area contributed by atoms with Gasteiger partial charge in [0.1, 0.15) is 35.4 Å². The van der Waals surface area contributed by atoms with Crippen LogP contribution in [0.25, 0.3) is 11.2 Å². The molecule has 2 fully saturated rings. The van der Waals surface area contributed by atoms with Crippen molar-refractivity contribution in [3.8, 4) is 5.75 Å². The number of rotatable bonds is 15. The van der Waals surface area contributed by atoms with Gasteiger partial charge in [0.25, 0.3) is 16.4 Å². The molecule has 56 heavy (non-hydrogen) atoms. The lowest BCUT2D eigenvalue weighted by Gasteiger charge is -2.34. The summed E-state index contributed by atoms with van der Waals surface area (Å²) < 4.78 is 12.5. The minimum atomic E-state index is -1.43. The quantitative estimate of drug-likeness (QED) is 0.0544. The number of ether oxygens (including phenoxy) is 2. The zero-order valence-electron chi connectivity index (χ0n) is 31.0. The van der Waals surface area contributed by atoms with Gasteiger partial charge in [0.15, 0.2) is 17.4 Å². The van der Waals surface area contributed by atoms with Crippen LogP contribution in [0.15, 0.2) is 45.0 Å². The zero-order valence-corrected chi connectivity index (χ0v) is 31.7. The van der Waals surface area contributed by atoms with Crippen molar-refractivity contribution in [1.82, 2.24) is 34.2 Å². The zero-order chi connectivity index (χ0) is 40.3. The molecule has 2 saturated heterocycles. The van der Waals surface area contributed by atoms with E-state index in [1.807, 2.05) is 24.9 Å². The van der Waals surface area contributed by atoms with Crippen molar-refractivity contribution >= 4 is 57.6 Å². The highest BCUT2D eigenvalue weighted by molar-refractivity contribution is 6.31. The first-order chi connectivity index (χ1) is 26.8. The van der Waals surface area contributed by atoms with E-state index in [1.54, 1.807) is 21.9 Å². The lowest BCUT2D eigenvalue weighted by Crippen LogP contribution is -2.51. The van der Waals surface area contributed by atoms with Crippen LogP contribution < -0.4 is 42.8 Å². The van der Waals surface area contributed by atoms with Crippen LogP contribution >= 0.6 is 11.6 Å². The summed E-state index contributed by atoms with van der Waals surface area (Å²) in [5.74, 6) is 0.127. The maximum absolute atomic E-state index is 12.8. The smallest absolute Gasteiger partial charge is 0.280 e. The number of aliphatic hydroxyl groups is 2. The number of H-pyrrole nitrogens is 1. The minimum absolute atomic E-state index is 0.0286. The van der Waals surface area contributed by atoms with E-state index in [1.165, 1.54) is 24.1 Å². The number of aliphatic hydroxyl groups excluding tert-OH is 2. The number of hydrogen-bond acceptors (Lipinski definition) is 16. The summed E-state index contributed by atoms with van der Waals surface area (Å²) in [5, 5.41) is 30.9. The number of aromatic nitrogens is 4. The van der Waals surface area contributed by atoms with Gasteiger partial charge in [-0.15, -0.1) is 0 Å². The van der Waals surface area contributed by atoms with Crippen molar-refractivity contribution < 1.29 is 29.3 Å². The largest absolute Gasteiger partial charge is 0.495 e. The van der Waals surface area contributed by atoms with E-state index in [0.717, 1.165) is 5.56 Å². The molecular weight excluding hydrogens is 754 g/mol. The Morgan fingerprint density at radius 2 is 1.79 bits per heavy atom. The molecular formula is C35H44ClN11O9. The molecule has 4 aromatic rings. The van der Waals surface area contributed by atoms with Gasteiger partial charge in [-0.2, -0.15) is 4.98 Å². The van der Waals surface area contributed by atoms with E-state index >= 15 is 0 Å². The number of hydrogen-bond donors (Lipinski definition) is 7. The van der Waals surface area contributed by atoms with Crippen molar-refractivity contribution in [2.45, 2.75) is 31.5 Å². The Hall–Kier alpha value is -5.54. The summed E-state index contributed by atoms with van der Waals surface area (Å²) in [6.07, 6.45) is -0.517. The number of nitrogens with zero attached hydrogens (tertiary/aromatic N) is 6. The number of piperazine rings is 1. The van der Waals surface area contributed by atoms with Crippen molar-refractivity contribution in [2.75, 3.05) is 94.7 Å². The molecule has 0 aliphatic carbocycles. The molecule has 21 heteroatoms. The Kier molecular flexibility index (Phi) is 12.2. The maximum atomic E-state index is 12.8. The maximum Gasteiger partial charge on any atom is 0.280 e. The second-order valence-corrected chi connectivity index (χ2v) is 14.0. The monoisotopic (exact) mass is 797 g/mol. The first-order valence-electron chi connectivity index (χ1n) is 17.8. The highest BCUT2D eigenvalue weighted by atomic mass is 35.5. The molecule has 20 nitrogen and oxygen atoms in total. The third-order valence-electron chi connectivity index (χ3n) is 9.78. The van der Waals surface area contributed by atoms with E-state index in [0.29, 0.717) is 62.3 Å². The molecule has 4 unspecified atom stereocenters. The molecule has 8 N–H and O–H groups in total. The van der Waals surface area contributed by atoms with Crippen molar-refractivity contribution in [1.29, 1.82) is 0 Å². The van der Waals surface area contributed by atoms with E-state index in [9.17, 15) is 34.2 Å². The normalized spacial score (nSPS) is 20.1. The fourth-order valence-electron chi connectivity index (χ4n) is 6.52. The number of imidazole rings is 1. The number of likely N-dealkylation sites (N-methyl/N-ethyl adjacent to an activating group) is 1. The summed E-state index contributed by atoms with van der Waals surface area (Å²) in [6, 6.07) is 3.53. The topological polar surface area (TPSA) is 263 Å². The van der Waals surface area contributed by atoms with E-state index in [-0.39, 0.29) is 53.4 Å². The third-order valence-corrected chi connectivity index (χ3v) is 10.2. The van der Waals surface area contributed by atoms with Gasteiger partial charge in [0.05, 0.1) is 25.7 Å². The van der Waals surface area contributed by atoms with E-state index in [2.05, 4.69) is 30.9 Å². The van der Waals surface area contributed by atoms with E-state index in [4.69, 9.17) is 26.8 Å². The molecule has 6 rings (SSSR count). The molecule has 0 spiro atoms. The summed E-state index contributed by atoms with van der Waals surface area (Å²) in [5.41, 5.74) is 5.32. The molecule has 2 aliphatic heterocycles. The third kappa shape index (κ3) is 8.48. The number of methoxy groups -OCH3 is 1. The predicted octanol–water partition coefficient (Wildman–Crippen LogP) is -1.32. The SMILES string of the molecule is COc1cc(Cl)c(C)cc1NCC(=O)N1CCN(C(=O)C=CCN(C)CCNc2c(NCC3OC(n4cnc5c(=O)[nH]c(N)nc54)C(O)C3O)c(=O)c2=O)CC1. The van der Waals surface area contributed by atoms with Gasteiger partial charge in [-0.3, -0.25) is 33.5 Å². The fourth-order valence-corrected chi connectivity index (χ4v) is 6.67. The number of carbonyl (C=O) groups excluding carboxylic acids is 2. The second-order valence-electron chi connectivity index (χ2n) is 13.6. The Morgan fingerprint density at radius 3 is 2.50 bits per heavy atom. The average molecular weight is 798 g/mol. The van der Waals surface area contributed by atoms with Crippen LogP contribution in [0.1, 0.15) is 11.8 Å². The van der Waals surface area contributed by atoms with Crippen molar-refractivity contribution in [3.63, 3.8) is 0 Å². The highest BCUT2D eigenvalue weighted by Gasteiger charge is 2.44. The summed E-state index contributed by atoms with van der Waals surface area (Å²) >= 11 is 6.17. The van der Waals surface area contributed by atoms with Crippen LogP contribution in [-0.4, -0.2) is 148 Å². The lowest BCUT2D eigenvalue weighted by atomic mass is 10.1.